The fourth-order valence-corrected chi connectivity index (χ4v) is 6.19. The summed E-state index contributed by atoms with van der Waals surface area (Å²) in [5.74, 6) is 5.02. The van der Waals surface area contributed by atoms with Gasteiger partial charge in [0.15, 0.2) is 9.84 Å². The normalized spacial score (nSPS) is 16.5. The molecule has 0 bridgehead atoms. The molecule has 8 nitrogen and oxygen atoms in total. The smallest absolute Gasteiger partial charge is 0.177 e. The third kappa shape index (κ3) is 4.86. The summed E-state index contributed by atoms with van der Waals surface area (Å²) in [6, 6.07) is 10.5. The first-order valence-electron chi connectivity index (χ1n) is 12.6. The summed E-state index contributed by atoms with van der Waals surface area (Å²) in [6.07, 6.45) is 3.69. The third-order valence-corrected chi connectivity index (χ3v) is 8.41. The molecule has 1 atom stereocenters. The molecule has 0 aliphatic carbocycles. The molecule has 11 heteroatoms. The van der Waals surface area contributed by atoms with Crippen molar-refractivity contribution in [3.63, 3.8) is 0 Å². The molecule has 0 radical (unpaired) electrons. The van der Waals surface area contributed by atoms with Crippen LogP contribution in [0.2, 0.25) is 0 Å². The van der Waals surface area contributed by atoms with Gasteiger partial charge in [0.2, 0.25) is 0 Å². The van der Waals surface area contributed by atoms with Crippen molar-refractivity contribution in [1.29, 1.82) is 0 Å². The van der Waals surface area contributed by atoms with Gasteiger partial charge in [-0.25, -0.2) is 23.0 Å². The highest BCUT2D eigenvalue weighted by atomic mass is 32.2. The molecule has 4 aromatic rings. The molecular formula is C28H31F2N5O3S. The number of aromatic nitrogens is 2. The lowest BCUT2D eigenvalue weighted by molar-refractivity contribution is 0.0548. The Morgan fingerprint density at radius 2 is 1.82 bits per heavy atom. The molecule has 4 N–H and O–H groups in total. The summed E-state index contributed by atoms with van der Waals surface area (Å²) in [5, 5.41) is 1.72. The van der Waals surface area contributed by atoms with Gasteiger partial charge in [0, 0.05) is 54.9 Å². The molecule has 1 unspecified atom stereocenters. The van der Waals surface area contributed by atoms with E-state index < -0.39 is 27.5 Å². The molecule has 5 rings (SSSR count). The Kier molecular flexibility index (Phi) is 7.08. The average Bonchev–Trinajstić information content (AvgIpc) is 3.18. The minimum atomic E-state index is -3.62. The second-order valence-electron chi connectivity index (χ2n) is 10.1. The molecule has 2 aromatic heterocycles. The van der Waals surface area contributed by atoms with Crippen molar-refractivity contribution in [3.8, 4) is 0 Å². The number of rotatable bonds is 6. The van der Waals surface area contributed by atoms with E-state index in [1.165, 1.54) is 29.4 Å². The highest BCUT2D eigenvalue weighted by Crippen LogP contribution is 2.42. The van der Waals surface area contributed by atoms with Crippen LogP contribution in [0.15, 0.2) is 59.3 Å². The minimum Gasteiger partial charge on any atom is -0.401 e. The maximum absolute atomic E-state index is 15.7. The van der Waals surface area contributed by atoms with E-state index in [4.69, 9.17) is 16.3 Å². The van der Waals surface area contributed by atoms with Crippen molar-refractivity contribution in [2.75, 3.05) is 26.5 Å². The van der Waals surface area contributed by atoms with Gasteiger partial charge in [-0.05, 0) is 49.9 Å². The second-order valence-corrected chi connectivity index (χ2v) is 12.1. The van der Waals surface area contributed by atoms with Crippen LogP contribution in [-0.4, -0.2) is 49.5 Å². The number of nitrogens with two attached hydrogens (primary N) is 2. The van der Waals surface area contributed by atoms with Gasteiger partial charge in [-0.15, -0.1) is 0 Å². The molecule has 1 aliphatic heterocycles. The molecular weight excluding hydrogens is 524 g/mol. The van der Waals surface area contributed by atoms with Crippen molar-refractivity contribution in [2.24, 2.45) is 17.5 Å². The van der Waals surface area contributed by atoms with Crippen molar-refractivity contribution >= 4 is 37.5 Å². The van der Waals surface area contributed by atoms with E-state index in [0.29, 0.717) is 64.9 Å². The molecule has 1 aliphatic rings. The number of nitrogens with zero attached hydrogens (tertiary/aromatic N) is 3. The fraction of sp³-hybridized carbons (Fsp3) is 0.321. The van der Waals surface area contributed by atoms with Crippen LogP contribution >= 0.6 is 0 Å². The van der Waals surface area contributed by atoms with Gasteiger partial charge in [0.25, 0.3) is 0 Å². The van der Waals surface area contributed by atoms with Gasteiger partial charge in [-0.3, -0.25) is 4.98 Å². The van der Waals surface area contributed by atoms with E-state index in [9.17, 15) is 8.42 Å². The predicted octanol–water partition coefficient (Wildman–Crippen LogP) is 4.34. The van der Waals surface area contributed by atoms with E-state index in [1.807, 2.05) is 4.57 Å². The summed E-state index contributed by atoms with van der Waals surface area (Å²) >= 11 is 0. The average molecular weight is 556 g/mol. The van der Waals surface area contributed by atoms with Crippen LogP contribution in [0.3, 0.4) is 0 Å². The number of hydrazine groups is 1. The second kappa shape index (κ2) is 10.2. The number of ether oxygens (including phenoxy) is 1. The molecule has 0 saturated carbocycles. The van der Waals surface area contributed by atoms with Crippen LogP contribution in [0.1, 0.15) is 36.9 Å². The van der Waals surface area contributed by atoms with Gasteiger partial charge < -0.3 is 20.0 Å². The zero-order valence-electron chi connectivity index (χ0n) is 22.0. The zero-order valence-corrected chi connectivity index (χ0v) is 22.8. The SMILES string of the molecule is C/C(N)=C(\c1cc2c(cc1F)c1ncc(S(C)(=O)=O)cc1n2C(c1ccccc1F)C1CCOCC1)N(C)N. The summed E-state index contributed by atoms with van der Waals surface area (Å²) < 4.78 is 63.7. The van der Waals surface area contributed by atoms with Crippen molar-refractivity contribution < 1.29 is 21.9 Å². The van der Waals surface area contributed by atoms with Crippen LogP contribution in [-0.2, 0) is 14.6 Å². The Balaban J connectivity index is 1.94. The van der Waals surface area contributed by atoms with Crippen LogP contribution in [0.4, 0.5) is 8.78 Å². The first-order valence-corrected chi connectivity index (χ1v) is 14.5. The van der Waals surface area contributed by atoms with Crippen molar-refractivity contribution in [1.82, 2.24) is 14.6 Å². The summed E-state index contributed by atoms with van der Waals surface area (Å²) in [7, 11) is -2.05. The lowest BCUT2D eigenvalue weighted by Crippen LogP contribution is -2.28. The third-order valence-electron chi connectivity index (χ3n) is 7.33. The molecule has 2 aromatic carbocycles. The fourth-order valence-electron chi connectivity index (χ4n) is 5.62. The number of sulfone groups is 1. The zero-order chi connectivity index (χ0) is 28.1. The van der Waals surface area contributed by atoms with Crippen molar-refractivity contribution in [2.45, 2.75) is 30.7 Å². The molecule has 1 fully saturated rings. The van der Waals surface area contributed by atoms with E-state index in [2.05, 4.69) is 4.98 Å². The number of pyridine rings is 1. The lowest BCUT2D eigenvalue weighted by atomic mass is 9.86. The number of hydrogen-bond acceptors (Lipinski definition) is 7. The standard InChI is InChI=1S/C28H31F2N5O3S/c1-16(31)27(34(2)32)20-14-24-21(13-23(20)30)26-25(12-18(15-33-26)39(3,36)37)35(24)28(17-8-10-38-11-9-17)19-6-4-5-7-22(19)29/h4-7,12-15,17,28H,8-11,31-32H2,1-3H3/b27-16-. The Bertz CT molecular complexity index is 1710. The van der Waals surface area contributed by atoms with E-state index >= 15 is 8.78 Å². The highest BCUT2D eigenvalue weighted by molar-refractivity contribution is 7.90. The van der Waals surface area contributed by atoms with Gasteiger partial charge in [-0.2, -0.15) is 0 Å². The quantitative estimate of drug-likeness (QED) is 0.269. The monoisotopic (exact) mass is 555 g/mol. The summed E-state index contributed by atoms with van der Waals surface area (Å²) in [6.45, 7) is 2.65. The Morgan fingerprint density at radius 3 is 2.44 bits per heavy atom. The maximum atomic E-state index is 15.7. The maximum Gasteiger partial charge on any atom is 0.177 e. The van der Waals surface area contributed by atoms with Crippen molar-refractivity contribution in [3.05, 3.63) is 77.1 Å². The van der Waals surface area contributed by atoms with Gasteiger partial charge in [0.1, 0.15) is 11.6 Å². The van der Waals surface area contributed by atoms with Crippen LogP contribution in [0, 0.1) is 17.6 Å². The number of allylic oxidation sites excluding steroid dienone is 1. The minimum absolute atomic E-state index is 0.0130. The first kappa shape index (κ1) is 27.0. The molecule has 0 amide bonds. The molecule has 206 valence electrons. The number of fused-ring (bicyclic) bond motifs is 3. The Morgan fingerprint density at radius 1 is 1.13 bits per heavy atom. The predicted molar refractivity (Wildman–Crippen MR) is 147 cm³/mol. The Labute approximate surface area is 225 Å². The Hall–Kier alpha value is -3.54. The highest BCUT2D eigenvalue weighted by Gasteiger charge is 2.33. The topological polar surface area (TPSA) is 116 Å². The van der Waals surface area contributed by atoms with Crippen LogP contribution < -0.4 is 11.6 Å². The number of halogens is 2. The molecule has 39 heavy (non-hydrogen) atoms. The van der Waals surface area contributed by atoms with E-state index in [-0.39, 0.29) is 16.4 Å². The summed E-state index contributed by atoms with van der Waals surface area (Å²) in [5.41, 5.74) is 8.74. The van der Waals surface area contributed by atoms with E-state index in [1.54, 1.807) is 38.2 Å². The molecule has 1 saturated heterocycles. The van der Waals surface area contributed by atoms with Gasteiger partial charge in [-0.1, -0.05) is 18.2 Å². The number of benzene rings is 2. The first-order chi connectivity index (χ1) is 18.5. The summed E-state index contributed by atoms with van der Waals surface area (Å²) in [4.78, 5) is 4.48. The van der Waals surface area contributed by atoms with Crippen LogP contribution in [0.25, 0.3) is 27.6 Å². The lowest BCUT2D eigenvalue weighted by Gasteiger charge is -2.33. The number of hydrogen-bond donors (Lipinski definition) is 2. The van der Waals surface area contributed by atoms with Gasteiger partial charge >= 0.3 is 0 Å². The van der Waals surface area contributed by atoms with E-state index in [0.717, 1.165) is 6.26 Å². The molecule has 0 spiro atoms. The van der Waals surface area contributed by atoms with Gasteiger partial charge in [0.05, 0.1) is 33.2 Å². The largest absolute Gasteiger partial charge is 0.401 e. The molecule has 3 heterocycles. The van der Waals surface area contributed by atoms with Crippen LogP contribution in [0.5, 0.6) is 0 Å².